The number of hydrogen-bond acceptors (Lipinski definition) is 1. The summed E-state index contributed by atoms with van der Waals surface area (Å²) in [5.41, 5.74) is 13.7. The first-order chi connectivity index (χ1) is 22.2. The van der Waals surface area contributed by atoms with Crippen LogP contribution in [0.3, 0.4) is 0 Å². The van der Waals surface area contributed by atoms with Crippen molar-refractivity contribution in [3.05, 3.63) is 173 Å². The fourth-order valence-corrected chi connectivity index (χ4v) is 7.86. The fraction of sp³-hybridized carbons (Fsp3) is 0.190. The predicted octanol–water partition coefficient (Wildman–Crippen LogP) is 9.67. The molecule has 0 amide bonds. The van der Waals surface area contributed by atoms with E-state index in [4.69, 9.17) is 0 Å². The third kappa shape index (κ3) is 4.93. The first-order valence-electron chi connectivity index (χ1n) is 16.2. The monoisotopic (exact) mass is 585 g/mol. The van der Waals surface area contributed by atoms with Crippen molar-refractivity contribution in [1.29, 1.82) is 0 Å². The maximum absolute atomic E-state index is 4.08. The molecule has 2 atom stereocenters. The molecule has 0 unspecified atom stereocenters. The second-order valence-corrected chi connectivity index (χ2v) is 12.7. The molecule has 3 heterocycles. The lowest BCUT2D eigenvalue weighted by molar-refractivity contribution is 0.536. The summed E-state index contributed by atoms with van der Waals surface area (Å²) in [5, 5.41) is 6.83. The highest BCUT2D eigenvalue weighted by Gasteiger charge is 2.34. The van der Waals surface area contributed by atoms with Crippen LogP contribution in [0, 0.1) is 13.8 Å². The summed E-state index contributed by atoms with van der Waals surface area (Å²) in [6.45, 7) is 6.41. The van der Waals surface area contributed by atoms with Gasteiger partial charge in [0.05, 0.1) is 0 Å². The van der Waals surface area contributed by atoms with Gasteiger partial charge < -0.3 is 14.5 Å². The van der Waals surface area contributed by atoms with Gasteiger partial charge >= 0.3 is 0 Å². The molecule has 3 nitrogen and oxygen atoms in total. The van der Waals surface area contributed by atoms with Crippen molar-refractivity contribution in [1.82, 2.24) is 9.13 Å². The molecule has 45 heavy (non-hydrogen) atoms. The van der Waals surface area contributed by atoms with Crippen LogP contribution in [-0.4, -0.2) is 15.2 Å². The van der Waals surface area contributed by atoms with Gasteiger partial charge in [-0.05, 0) is 72.7 Å². The van der Waals surface area contributed by atoms with E-state index in [0.717, 1.165) is 25.9 Å². The highest BCUT2D eigenvalue weighted by Crippen LogP contribution is 2.42. The van der Waals surface area contributed by atoms with Crippen molar-refractivity contribution < 1.29 is 0 Å². The van der Waals surface area contributed by atoms with Crippen LogP contribution >= 0.6 is 0 Å². The van der Waals surface area contributed by atoms with Crippen LogP contribution in [0.5, 0.6) is 0 Å². The molecule has 0 aliphatic carbocycles. The Labute approximate surface area is 265 Å². The number of benzene rings is 5. The molecule has 222 valence electrons. The van der Waals surface area contributed by atoms with Crippen LogP contribution in [0.15, 0.2) is 133 Å². The summed E-state index contributed by atoms with van der Waals surface area (Å²) in [5.74, 6) is 0.331. The van der Waals surface area contributed by atoms with E-state index in [1.54, 1.807) is 0 Å². The molecule has 7 aromatic rings. The Bertz CT molecular complexity index is 2120. The molecule has 0 bridgehead atoms. The zero-order valence-corrected chi connectivity index (χ0v) is 26.1. The van der Waals surface area contributed by atoms with Gasteiger partial charge in [-0.2, -0.15) is 0 Å². The minimum absolute atomic E-state index is 0.254. The number of rotatable bonds is 7. The lowest BCUT2D eigenvalue weighted by Gasteiger charge is -2.36. The van der Waals surface area contributed by atoms with Crippen LogP contribution in [0.2, 0.25) is 0 Å². The molecule has 2 aromatic heterocycles. The molecule has 0 spiro atoms. The molecule has 1 N–H and O–H groups in total. The van der Waals surface area contributed by atoms with Crippen molar-refractivity contribution in [3.8, 4) is 0 Å². The summed E-state index contributed by atoms with van der Waals surface area (Å²) >= 11 is 0. The minimum Gasteiger partial charge on any atom is -0.381 e. The zero-order chi connectivity index (χ0) is 30.3. The lowest BCUT2D eigenvalue weighted by Crippen LogP contribution is -2.36. The van der Waals surface area contributed by atoms with E-state index in [2.05, 4.69) is 162 Å². The van der Waals surface area contributed by atoms with Crippen LogP contribution in [0.4, 0.5) is 5.69 Å². The molecule has 1 aliphatic rings. The molecule has 3 heteroatoms. The Morgan fingerprint density at radius 3 is 1.80 bits per heavy atom. The summed E-state index contributed by atoms with van der Waals surface area (Å²) in [6.07, 6.45) is 1.99. The van der Waals surface area contributed by atoms with Crippen LogP contribution in [-0.2, 0) is 25.9 Å². The van der Waals surface area contributed by atoms with Crippen molar-refractivity contribution in [3.63, 3.8) is 0 Å². The van der Waals surface area contributed by atoms with E-state index in [0.29, 0.717) is 5.92 Å². The summed E-state index contributed by atoms with van der Waals surface area (Å²) in [6, 6.07) is 48.9. The molecule has 0 saturated carbocycles. The van der Waals surface area contributed by atoms with Crippen molar-refractivity contribution in [2.75, 3.05) is 5.32 Å². The average Bonchev–Trinajstić information content (AvgIpc) is 3.51. The Balaban J connectivity index is 1.25. The van der Waals surface area contributed by atoms with E-state index in [9.17, 15) is 0 Å². The first kappa shape index (κ1) is 27.5. The van der Waals surface area contributed by atoms with Gasteiger partial charge in [0.2, 0.25) is 0 Å². The topological polar surface area (TPSA) is 21.9 Å². The lowest BCUT2D eigenvalue weighted by atomic mass is 9.78. The van der Waals surface area contributed by atoms with E-state index >= 15 is 0 Å². The quantitative estimate of drug-likeness (QED) is 0.198. The van der Waals surface area contributed by atoms with Gasteiger partial charge in [-0.1, -0.05) is 115 Å². The summed E-state index contributed by atoms with van der Waals surface area (Å²) < 4.78 is 5.05. The number of hydrogen-bond donors (Lipinski definition) is 1. The van der Waals surface area contributed by atoms with Gasteiger partial charge in [0.1, 0.15) is 0 Å². The molecular formula is C42H39N3. The molecule has 0 radical (unpaired) electrons. The maximum atomic E-state index is 4.08. The van der Waals surface area contributed by atoms with Gasteiger partial charge in [0.15, 0.2) is 0 Å². The standard InChI is InChI=1S/C42H39N3/c1-29-36(34-20-10-13-23-40(34)44(29)27-31-15-5-3-6-16-31)26-39-37(25-33-19-9-12-22-38(33)43-39)42-30(2)45(28-32-17-7-4-8-18-32)41-24-14-11-21-35(41)42/h3-24,37,39,43H,25-28H2,1-2H3/t37-,39+/m0/s1. The van der Waals surface area contributed by atoms with Crippen LogP contribution < -0.4 is 5.32 Å². The molecule has 0 saturated heterocycles. The third-order valence-electron chi connectivity index (χ3n) is 10.1. The largest absolute Gasteiger partial charge is 0.381 e. The number of para-hydroxylation sites is 3. The Kier molecular flexibility index (Phi) is 7.02. The summed E-state index contributed by atoms with van der Waals surface area (Å²) in [4.78, 5) is 0. The maximum Gasteiger partial charge on any atom is 0.0488 e. The number of nitrogens with one attached hydrogen (secondary N) is 1. The Hall–Kier alpha value is -5.02. The Morgan fingerprint density at radius 2 is 1.11 bits per heavy atom. The van der Waals surface area contributed by atoms with Gasteiger partial charge in [0.25, 0.3) is 0 Å². The number of nitrogens with zero attached hydrogens (tertiary/aromatic N) is 2. The van der Waals surface area contributed by atoms with Crippen molar-refractivity contribution in [2.24, 2.45) is 0 Å². The minimum atomic E-state index is 0.254. The van der Waals surface area contributed by atoms with Gasteiger partial charge in [-0.3, -0.25) is 0 Å². The van der Waals surface area contributed by atoms with Gasteiger partial charge in [-0.15, -0.1) is 0 Å². The average molecular weight is 586 g/mol. The molecule has 1 aliphatic heterocycles. The highest BCUT2D eigenvalue weighted by atomic mass is 15.0. The second-order valence-electron chi connectivity index (χ2n) is 12.7. The molecule has 5 aromatic carbocycles. The SMILES string of the molecule is Cc1c(C[C@H]2Nc3ccccc3C[C@@H]2c2c(C)n(Cc3ccccc3)c3ccccc23)c2ccccc2n1Cc1ccccc1. The van der Waals surface area contributed by atoms with Gasteiger partial charge in [-0.25, -0.2) is 0 Å². The van der Waals surface area contributed by atoms with Gasteiger partial charge in [0, 0.05) is 63.9 Å². The summed E-state index contributed by atoms with van der Waals surface area (Å²) in [7, 11) is 0. The fourth-order valence-electron chi connectivity index (χ4n) is 7.86. The molecule has 0 fully saturated rings. The normalized spacial score (nSPS) is 16.1. The smallest absolute Gasteiger partial charge is 0.0488 e. The van der Waals surface area contributed by atoms with E-state index in [-0.39, 0.29) is 6.04 Å². The number of aromatic nitrogens is 2. The van der Waals surface area contributed by atoms with Crippen LogP contribution in [0.1, 0.15) is 45.1 Å². The van der Waals surface area contributed by atoms with E-state index in [1.165, 1.54) is 66.7 Å². The predicted molar refractivity (Wildman–Crippen MR) is 188 cm³/mol. The van der Waals surface area contributed by atoms with Crippen molar-refractivity contribution in [2.45, 2.75) is 51.7 Å². The first-order valence-corrected chi connectivity index (χ1v) is 16.2. The van der Waals surface area contributed by atoms with Crippen LogP contribution in [0.25, 0.3) is 21.8 Å². The van der Waals surface area contributed by atoms with Crippen molar-refractivity contribution >= 4 is 27.5 Å². The molecular weight excluding hydrogens is 546 g/mol. The highest BCUT2D eigenvalue weighted by molar-refractivity contribution is 5.88. The van der Waals surface area contributed by atoms with E-state index in [1.807, 2.05) is 0 Å². The van der Waals surface area contributed by atoms with E-state index < -0.39 is 0 Å². The molecule has 8 rings (SSSR count). The Morgan fingerprint density at radius 1 is 0.578 bits per heavy atom. The number of anilines is 1. The zero-order valence-electron chi connectivity index (χ0n) is 26.1. The second kappa shape index (κ2) is 11.5. The third-order valence-corrected chi connectivity index (χ3v) is 10.1. The number of fused-ring (bicyclic) bond motifs is 3.